The van der Waals surface area contributed by atoms with Gasteiger partial charge in [-0.1, -0.05) is 24.6 Å². The van der Waals surface area contributed by atoms with Crippen LogP contribution in [-0.2, 0) is 14.8 Å². The number of aryl methyl sites for hydroxylation is 1. The number of piperazine rings is 1. The normalized spacial score (nSPS) is 18.1. The third-order valence-corrected chi connectivity index (χ3v) is 8.25. The maximum Gasteiger partial charge on any atom is 0.262 e. The molecule has 2 aromatic carbocycles. The molecule has 3 amide bonds. The molecule has 9 nitrogen and oxygen atoms in total. The highest BCUT2D eigenvalue weighted by Crippen LogP contribution is 2.27. The van der Waals surface area contributed by atoms with Gasteiger partial charge in [-0.05, 0) is 50.7 Å². The van der Waals surface area contributed by atoms with Gasteiger partial charge in [0.05, 0.1) is 16.0 Å². The first-order valence-corrected chi connectivity index (χ1v) is 12.7. The summed E-state index contributed by atoms with van der Waals surface area (Å²) in [6, 6.07) is 9.91. The van der Waals surface area contributed by atoms with Crippen molar-refractivity contribution in [2.24, 2.45) is 0 Å². The van der Waals surface area contributed by atoms with Gasteiger partial charge in [-0.15, -0.1) is 0 Å². The van der Waals surface area contributed by atoms with Gasteiger partial charge in [0.25, 0.3) is 11.8 Å². The van der Waals surface area contributed by atoms with Crippen molar-refractivity contribution in [3.63, 3.8) is 0 Å². The molecule has 1 fully saturated rings. The Morgan fingerprint density at radius 3 is 2.35 bits per heavy atom. The second kappa shape index (κ2) is 9.28. The molecule has 1 saturated heterocycles. The topological polar surface area (TPSA) is 107 Å². The summed E-state index contributed by atoms with van der Waals surface area (Å²) in [5.41, 5.74) is 1.66. The highest BCUT2D eigenvalue weighted by molar-refractivity contribution is 7.89. The molecule has 0 saturated carbocycles. The number of sulfonamides is 1. The summed E-state index contributed by atoms with van der Waals surface area (Å²) in [4.78, 5) is 41.7. The Morgan fingerprint density at radius 1 is 1.00 bits per heavy atom. The molecule has 180 valence electrons. The molecule has 0 aliphatic carbocycles. The molecule has 0 aromatic heterocycles. The van der Waals surface area contributed by atoms with Gasteiger partial charge in [-0.25, -0.2) is 8.42 Å². The number of anilines is 1. The second-order valence-electron chi connectivity index (χ2n) is 8.56. The van der Waals surface area contributed by atoms with E-state index in [0.717, 1.165) is 17.0 Å². The fourth-order valence-corrected chi connectivity index (χ4v) is 5.73. The van der Waals surface area contributed by atoms with E-state index in [-0.39, 0.29) is 21.7 Å². The van der Waals surface area contributed by atoms with Crippen molar-refractivity contribution < 1.29 is 22.8 Å². The van der Waals surface area contributed by atoms with Crippen LogP contribution in [0.4, 0.5) is 5.69 Å². The third-order valence-electron chi connectivity index (χ3n) is 6.36. The lowest BCUT2D eigenvalue weighted by molar-refractivity contribution is -0.119. The highest BCUT2D eigenvalue weighted by atomic mass is 32.2. The van der Waals surface area contributed by atoms with Gasteiger partial charge in [-0.3, -0.25) is 19.3 Å². The quantitative estimate of drug-likeness (QED) is 0.628. The summed E-state index contributed by atoms with van der Waals surface area (Å²) in [5.74, 6) is -1.63. The van der Waals surface area contributed by atoms with Crippen LogP contribution in [-0.4, -0.2) is 79.0 Å². The lowest BCUT2D eigenvalue weighted by Crippen LogP contribution is -2.48. The molecule has 2 aromatic rings. The molecule has 0 radical (unpaired) electrons. The number of hydrogen-bond donors (Lipinski definition) is 1. The Labute approximate surface area is 199 Å². The predicted molar refractivity (Wildman–Crippen MR) is 127 cm³/mol. The van der Waals surface area contributed by atoms with E-state index in [9.17, 15) is 22.8 Å². The first-order valence-electron chi connectivity index (χ1n) is 11.3. The van der Waals surface area contributed by atoms with Crippen LogP contribution >= 0.6 is 0 Å². The molecule has 34 heavy (non-hydrogen) atoms. The smallest absolute Gasteiger partial charge is 0.262 e. The van der Waals surface area contributed by atoms with Crippen LogP contribution in [0.5, 0.6) is 0 Å². The maximum atomic E-state index is 13.1. The van der Waals surface area contributed by atoms with E-state index in [4.69, 9.17) is 0 Å². The number of likely N-dealkylation sites (N-methyl/N-ethyl adjacent to an activating group) is 1. The zero-order valence-corrected chi connectivity index (χ0v) is 20.3. The number of imide groups is 1. The van der Waals surface area contributed by atoms with E-state index >= 15 is 0 Å². The van der Waals surface area contributed by atoms with Crippen molar-refractivity contribution in [1.29, 1.82) is 0 Å². The molecule has 2 aliphatic rings. The van der Waals surface area contributed by atoms with Gasteiger partial charge in [-0.2, -0.15) is 4.31 Å². The summed E-state index contributed by atoms with van der Waals surface area (Å²) >= 11 is 0. The van der Waals surface area contributed by atoms with E-state index in [1.165, 1.54) is 23.4 Å². The first-order chi connectivity index (χ1) is 16.1. The van der Waals surface area contributed by atoms with Crippen LogP contribution in [0.2, 0.25) is 0 Å². The first kappa shape index (κ1) is 24.1. The standard InChI is InChI=1S/C24H28N4O5S/c1-4-26-10-12-27(13-11-26)34(32,33)19-7-5-6-18(15-19)25-22(29)17(3)28-23(30)20-9-8-16(2)14-21(20)24(28)31/h5-9,14-15,17H,4,10-13H2,1-3H3,(H,25,29). The molecular formula is C24H28N4O5S. The minimum Gasteiger partial charge on any atom is -0.324 e. The Bertz CT molecular complexity index is 1250. The highest BCUT2D eigenvalue weighted by Gasteiger charge is 2.41. The summed E-state index contributed by atoms with van der Waals surface area (Å²) < 4.78 is 27.6. The number of nitrogens with one attached hydrogen (secondary N) is 1. The summed E-state index contributed by atoms with van der Waals surface area (Å²) in [7, 11) is -3.71. The average Bonchev–Trinajstić information content (AvgIpc) is 3.07. The van der Waals surface area contributed by atoms with Crippen LogP contribution in [0.15, 0.2) is 47.4 Å². The number of rotatable bonds is 6. The van der Waals surface area contributed by atoms with Crippen molar-refractivity contribution in [1.82, 2.24) is 14.1 Å². The number of hydrogen-bond acceptors (Lipinski definition) is 6. The third kappa shape index (κ3) is 4.36. The largest absolute Gasteiger partial charge is 0.324 e. The van der Waals surface area contributed by atoms with Gasteiger partial charge in [0.2, 0.25) is 15.9 Å². The van der Waals surface area contributed by atoms with E-state index in [2.05, 4.69) is 10.2 Å². The Morgan fingerprint density at radius 2 is 1.68 bits per heavy atom. The van der Waals surface area contributed by atoms with Gasteiger partial charge in [0.1, 0.15) is 6.04 Å². The Kier molecular flexibility index (Phi) is 6.57. The van der Waals surface area contributed by atoms with E-state index in [1.54, 1.807) is 30.3 Å². The van der Waals surface area contributed by atoms with Crippen LogP contribution in [0.1, 0.15) is 40.1 Å². The molecule has 2 aliphatic heterocycles. The number of benzene rings is 2. The molecule has 4 rings (SSSR count). The van der Waals surface area contributed by atoms with Crippen molar-refractivity contribution in [3.05, 3.63) is 59.2 Å². The number of amides is 3. The molecule has 1 unspecified atom stereocenters. The Balaban J connectivity index is 1.49. The molecule has 10 heteroatoms. The molecule has 2 heterocycles. The number of carbonyl (C=O) groups excluding carboxylic acids is 3. The summed E-state index contributed by atoms with van der Waals surface area (Å²) in [6.07, 6.45) is 0. The van der Waals surface area contributed by atoms with Gasteiger partial charge in [0, 0.05) is 31.9 Å². The molecular weight excluding hydrogens is 456 g/mol. The van der Waals surface area contributed by atoms with Gasteiger partial charge >= 0.3 is 0 Å². The predicted octanol–water partition coefficient (Wildman–Crippen LogP) is 1.94. The van der Waals surface area contributed by atoms with Crippen LogP contribution in [0.3, 0.4) is 0 Å². The summed E-state index contributed by atoms with van der Waals surface area (Å²) in [5, 5.41) is 2.65. The van der Waals surface area contributed by atoms with Crippen molar-refractivity contribution in [3.8, 4) is 0 Å². The van der Waals surface area contributed by atoms with Crippen LogP contribution in [0, 0.1) is 6.92 Å². The molecule has 1 N–H and O–H groups in total. The Hall–Kier alpha value is -3.08. The van der Waals surface area contributed by atoms with Crippen molar-refractivity contribution in [2.75, 3.05) is 38.0 Å². The van der Waals surface area contributed by atoms with Crippen molar-refractivity contribution >= 4 is 33.4 Å². The molecule has 0 spiro atoms. The van der Waals surface area contributed by atoms with E-state index < -0.39 is 33.8 Å². The minimum atomic E-state index is -3.71. The van der Waals surface area contributed by atoms with Gasteiger partial charge < -0.3 is 10.2 Å². The van der Waals surface area contributed by atoms with Crippen molar-refractivity contribution in [2.45, 2.75) is 31.7 Å². The fourth-order valence-electron chi connectivity index (χ4n) is 4.26. The molecule has 1 atom stereocenters. The zero-order valence-electron chi connectivity index (χ0n) is 19.4. The summed E-state index contributed by atoms with van der Waals surface area (Å²) in [6.45, 7) is 8.36. The van der Waals surface area contributed by atoms with E-state index in [1.807, 2.05) is 13.8 Å². The lowest BCUT2D eigenvalue weighted by Gasteiger charge is -2.33. The van der Waals surface area contributed by atoms with Crippen LogP contribution < -0.4 is 5.32 Å². The monoisotopic (exact) mass is 484 g/mol. The van der Waals surface area contributed by atoms with E-state index in [0.29, 0.717) is 26.2 Å². The zero-order chi connectivity index (χ0) is 24.6. The number of carbonyl (C=O) groups is 3. The number of fused-ring (bicyclic) bond motifs is 1. The van der Waals surface area contributed by atoms with Gasteiger partial charge in [0.15, 0.2) is 0 Å². The molecule has 0 bridgehead atoms. The SMILES string of the molecule is CCN1CCN(S(=O)(=O)c2cccc(NC(=O)C(C)N3C(=O)c4ccc(C)cc4C3=O)c2)CC1. The average molecular weight is 485 g/mol. The lowest BCUT2D eigenvalue weighted by atomic mass is 10.1. The van der Waals surface area contributed by atoms with Crippen LogP contribution in [0.25, 0.3) is 0 Å². The maximum absolute atomic E-state index is 13.1. The fraction of sp³-hybridized carbons (Fsp3) is 0.375. The number of nitrogens with zero attached hydrogens (tertiary/aromatic N) is 3. The minimum absolute atomic E-state index is 0.0825. The second-order valence-corrected chi connectivity index (χ2v) is 10.5.